The molecule has 0 spiro atoms. The first kappa shape index (κ1) is 29.8. The van der Waals surface area contributed by atoms with E-state index in [1.165, 1.54) is 12.1 Å². The van der Waals surface area contributed by atoms with E-state index in [1.807, 2.05) is 24.3 Å². The molecule has 0 bridgehead atoms. The Morgan fingerprint density at radius 1 is 1.05 bits per heavy atom. The van der Waals surface area contributed by atoms with Crippen molar-refractivity contribution in [2.45, 2.75) is 37.3 Å². The predicted octanol–water partition coefficient (Wildman–Crippen LogP) is 6.14. The largest absolute Gasteiger partial charge is 0.490 e. The minimum Gasteiger partial charge on any atom is -0.490 e. The van der Waals surface area contributed by atoms with E-state index in [9.17, 15) is 18.1 Å². The Morgan fingerprint density at radius 2 is 1.88 bits per heavy atom. The fraction of sp³-hybridized carbons (Fsp3) is 0.419. The highest BCUT2D eigenvalue weighted by molar-refractivity contribution is 5.61. The molecule has 2 aliphatic heterocycles. The molecule has 42 heavy (non-hydrogen) atoms. The number of methoxy groups -OCH3 is 1. The maximum atomic E-state index is 13.1. The van der Waals surface area contributed by atoms with Crippen LogP contribution in [0.3, 0.4) is 0 Å². The first-order valence-corrected chi connectivity index (χ1v) is 13.9. The van der Waals surface area contributed by atoms with Crippen molar-refractivity contribution in [3.05, 3.63) is 88.3 Å². The van der Waals surface area contributed by atoms with Crippen molar-refractivity contribution in [2.24, 2.45) is 5.18 Å². The van der Waals surface area contributed by atoms with Gasteiger partial charge in [-0.25, -0.2) is 0 Å². The molecule has 0 aliphatic carbocycles. The maximum Gasteiger partial charge on any atom is 0.416 e. The summed E-state index contributed by atoms with van der Waals surface area (Å²) < 4.78 is 62.3. The number of nitrogens with one attached hydrogen (secondary N) is 1. The van der Waals surface area contributed by atoms with E-state index in [1.54, 1.807) is 19.2 Å². The van der Waals surface area contributed by atoms with Gasteiger partial charge in [0.15, 0.2) is 0 Å². The van der Waals surface area contributed by atoms with E-state index < -0.39 is 17.8 Å². The van der Waals surface area contributed by atoms with E-state index in [0.717, 1.165) is 54.2 Å². The van der Waals surface area contributed by atoms with E-state index >= 15 is 0 Å². The number of nitrogens with zero attached hydrogens (tertiary/aromatic N) is 2. The lowest BCUT2D eigenvalue weighted by Crippen LogP contribution is -2.48. The van der Waals surface area contributed by atoms with Gasteiger partial charge in [-0.2, -0.15) is 18.1 Å². The number of fused-ring (bicyclic) bond motifs is 1. The van der Waals surface area contributed by atoms with Crippen LogP contribution in [0.2, 0.25) is 0 Å². The summed E-state index contributed by atoms with van der Waals surface area (Å²) >= 11 is 0. The second-order valence-electron chi connectivity index (χ2n) is 10.4. The monoisotopic (exact) mass is 585 g/mol. The van der Waals surface area contributed by atoms with Gasteiger partial charge in [-0.15, -0.1) is 0 Å². The number of hydrogen-bond acceptors (Lipinski definition) is 8. The van der Waals surface area contributed by atoms with E-state index in [4.69, 9.17) is 18.9 Å². The molecule has 2 heterocycles. The molecule has 2 aliphatic rings. The van der Waals surface area contributed by atoms with Crippen molar-refractivity contribution < 1.29 is 32.1 Å². The van der Waals surface area contributed by atoms with E-state index in [0.29, 0.717) is 38.7 Å². The number of nitroso groups, excluding NO2 is 1. The average Bonchev–Trinajstić information content (AvgIpc) is 3.00. The molecule has 0 saturated carbocycles. The summed E-state index contributed by atoms with van der Waals surface area (Å²) in [4.78, 5) is 14.1. The third-order valence-corrected chi connectivity index (χ3v) is 7.53. The van der Waals surface area contributed by atoms with Gasteiger partial charge in [0.1, 0.15) is 29.9 Å². The highest BCUT2D eigenvalue weighted by Gasteiger charge is 2.36. The predicted molar refractivity (Wildman–Crippen MR) is 152 cm³/mol. The number of halogens is 3. The van der Waals surface area contributed by atoms with E-state index in [2.05, 4.69) is 21.5 Å². The van der Waals surface area contributed by atoms with Crippen molar-refractivity contribution in [3.63, 3.8) is 0 Å². The lowest BCUT2D eigenvalue weighted by molar-refractivity contribution is -0.137. The molecule has 0 unspecified atom stereocenters. The van der Waals surface area contributed by atoms with Crippen LogP contribution in [0.15, 0.2) is 71.9 Å². The summed E-state index contributed by atoms with van der Waals surface area (Å²) in [5.41, 5.74) is 2.07. The van der Waals surface area contributed by atoms with Gasteiger partial charge >= 0.3 is 6.18 Å². The van der Waals surface area contributed by atoms with Gasteiger partial charge in [0.25, 0.3) is 0 Å². The summed E-state index contributed by atoms with van der Waals surface area (Å²) in [5.74, 6) is 1.00. The Morgan fingerprint density at radius 3 is 2.64 bits per heavy atom. The van der Waals surface area contributed by atoms with Gasteiger partial charge in [-0.1, -0.05) is 29.4 Å². The van der Waals surface area contributed by atoms with Crippen LogP contribution in [0.25, 0.3) is 0 Å². The summed E-state index contributed by atoms with van der Waals surface area (Å²) in [6, 6.07) is 17.2. The molecule has 0 radical (unpaired) electrons. The summed E-state index contributed by atoms with van der Waals surface area (Å²) in [5, 5.41) is 6.62. The van der Waals surface area contributed by atoms with Crippen molar-refractivity contribution >= 4 is 5.69 Å². The molecule has 224 valence electrons. The highest BCUT2D eigenvalue weighted by Crippen LogP contribution is 2.36. The second kappa shape index (κ2) is 13.5. The quantitative estimate of drug-likeness (QED) is 0.214. The van der Waals surface area contributed by atoms with Crippen LogP contribution in [0.5, 0.6) is 17.2 Å². The molecule has 0 aromatic heterocycles. The lowest BCUT2D eigenvalue weighted by atomic mass is 9.84. The van der Waals surface area contributed by atoms with Gasteiger partial charge < -0.3 is 29.2 Å². The Bertz CT molecular complexity index is 1340. The second-order valence-corrected chi connectivity index (χ2v) is 10.4. The third-order valence-electron chi connectivity index (χ3n) is 7.53. The smallest absolute Gasteiger partial charge is 0.416 e. The van der Waals surface area contributed by atoms with Crippen LogP contribution >= 0.6 is 0 Å². The summed E-state index contributed by atoms with van der Waals surface area (Å²) in [6.07, 6.45) is -3.88. The minimum atomic E-state index is -4.46. The molecular weight excluding hydrogens is 551 g/mol. The van der Waals surface area contributed by atoms with Crippen LogP contribution in [0.1, 0.15) is 29.0 Å². The zero-order valence-corrected chi connectivity index (χ0v) is 23.3. The van der Waals surface area contributed by atoms with Crippen LogP contribution < -0.4 is 19.7 Å². The molecular formula is C31H34F3N3O5. The van der Waals surface area contributed by atoms with Gasteiger partial charge in [0.05, 0.1) is 30.5 Å². The number of alkyl halides is 3. The average molecular weight is 586 g/mol. The standard InChI is InChI=1S/C31H34F3N3O5/c1-39-14-3-12-37-13-15-40-28-11-6-21(16-27(28)37)20-41-29-19-35-18-26(36-38)30(29)22-7-9-24(10-8-22)42-25-5-2-4-23(17-25)31(32,33)34/h2,4-11,16-17,26,29-30,35H,3,12-15,18-20H2,1H3/t26-,29+,30+/m1/s1. The van der Waals surface area contributed by atoms with Crippen LogP contribution in [-0.2, 0) is 22.3 Å². The fourth-order valence-electron chi connectivity index (χ4n) is 5.45. The lowest BCUT2D eigenvalue weighted by Gasteiger charge is -2.36. The molecule has 0 amide bonds. The number of piperidine rings is 1. The number of rotatable bonds is 11. The van der Waals surface area contributed by atoms with Crippen molar-refractivity contribution in [2.75, 3.05) is 51.4 Å². The maximum absolute atomic E-state index is 13.1. The topological polar surface area (TPSA) is 81.6 Å². The molecule has 11 heteroatoms. The SMILES string of the molecule is COCCCN1CCOc2ccc(CO[C@H]3CNC[C@@H](N=O)[C@@H]3c3ccc(Oc4cccc(C(F)(F)F)c4)cc3)cc21. The molecule has 5 rings (SSSR count). The van der Waals surface area contributed by atoms with E-state index in [-0.39, 0.29) is 17.8 Å². The molecule has 1 saturated heterocycles. The summed E-state index contributed by atoms with van der Waals surface area (Å²) in [7, 11) is 1.70. The van der Waals surface area contributed by atoms with Gasteiger partial charge in [0, 0.05) is 39.3 Å². The first-order valence-electron chi connectivity index (χ1n) is 13.9. The normalized spacial score (nSPS) is 20.5. The Hall–Kier alpha value is -3.67. The Kier molecular flexibility index (Phi) is 9.61. The number of hydrogen-bond donors (Lipinski definition) is 1. The van der Waals surface area contributed by atoms with Gasteiger partial charge in [-0.05, 0) is 60.0 Å². The Labute approximate surface area is 242 Å². The zero-order chi connectivity index (χ0) is 29.5. The number of benzene rings is 3. The zero-order valence-electron chi connectivity index (χ0n) is 23.3. The number of ether oxygens (including phenoxy) is 4. The van der Waals surface area contributed by atoms with Crippen LogP contribution in [0, 0.1) is 4.91 Å². The fourth-order valence-corrected chi connectivity index (χ4v) is 5.45. The number of anilines is 1. The molecule has 1 N–H and O–H groups in total. The van der Waals surface area contributed by atoms with Crippen LogP contribution in [-0.4, -0.2) is 58.6 Å². The Balaban J connectivity index is 1.28. The van der Waals surface area contributed by atoms with Crippen LogP contribution in [0.4, 0.5) is 18.9 Å². The molecule has 8 nitrogen and oxygen atoms in total. The van der Waals surface area contributed by atoms with Crippen molar-refractivity contribution in [3.8, 4) is 17.2 Å². The minimum absolute atomic E-state index is 0.0841. The molecule has 3 aromatic carbocycles. The van der Waals surface area contributed by atoms with Crippen molar-refractivity contribution in [1.29, 1.82) is 0 Å². The molecule has 3 atom stereocenters. The summed E-state index contributed by atoms with van der Waals surface area (Å²) in [6.45, 7) is 4.29. The van der Waals surface area contributed by atoms with Gasteiger partial charge in [-0.3, -0.25) is 0 Å². The van der Waals surface area contributed by atoms with Crippen molar-refractivity contribution in [1.82, 2.24) is 5.32 Å². The third kappa shape index (κ3) is 7.21. The van der Waals surface area contributed by atoms with Gasteiger partial charge in [0.2, 0.25) is 0 Å². The molecule has 3 aromatic rings. The highest BCUT2D eigenvalue weighted by atomic mass is 19.4. The molecule has 1 fully saturated rings. The first-order chi connectivity index (χ1) is 20.4.